The molecule has 0 amide bonds. The van der Waals surface area contributed by atoms with Gasteiger partial charge >= 0.3 is 0 Å². The first-order valence-electron chi connectivity index (χ1n) is 5.54. The Morgan fingerprint density at radius 3 is 3.00 bits per heavy atom. The molecule has 0 aliphatic rings. The average Bonchev–Trinajstić information content (AvgIpc) is 2.92. The molecule has 0 bridgehead atoms. The first-order chi connectivity index (χ1) is 7.81. The van der Waals surface area contributed by atoms with Gasteiger partial charge in [0.15, 0.2) is 0 Å². The lowest BCUT2D eigenvalue weighted by molar-refractivity contribution is 0.428. The summed E-state index contributed by atoms with van der Waals surface area (Å²) in [6, 6.07) is 4.14. The fourth-order valence-electron chi connectivity index (χ4n) is 1.77. The topological polar surface area (TPSA) is 43.0 Å². The maximum atomic E-state index is 5.29. The fourth-order valence-corrected chi connectivity index (χ4v) is 1.77. The number of furan rings is 1. The van der Waals surface area contributed by atoms with Crippen LogP contribution in [0.4, 0.5) is 0 Å². The van der Waals surface area contributed by atoms with Gasteiger partial charge in [0.2, 0.25) is 0 Å². The maximum absolute atomic E-state index is 5.29. The number of aryl methyl sites for hydroxylation is 1. The SMILES string of the molecule is CCC(NCc1ccco1)c1nccn1C. The summed E-state index contributed by atoms with van der Waals surface area (Å²) in [6.07, 6.45) is 6.49. The Morgan fingerprint density at radius 1 is 1.56 bits per heavy atom. The monoisotopic (exact) mass is 219 g/mol. The van der Waals surface area contributed by atoms with E-state index in [0.29, 0.717) is 0 Å². The smallest absolute Gasteiger partial charge is 0.125 e. The quantitative estimate of drug-likeness (QED) is 0.838. The van der Waals surface area contributed by atoms with Gasteiger partial charge in [0.25, 0.3) is 0 Å². The Kier molecular flexibility index (Phi) is 3.41. The van der Waals surface area contributed by atoms with Gasteiger partial charge in [-0.3, -0.25) is 0 Å². The van der Waals surface area contributed by atoms with Gasteiger partial charge in [-0.15, -0.1) is 0 Å². The second-order valence-electron chi connectivity index (χ2n) is 3.82. The van der Waals surface area contributed by atoms with Gasteiger partial charge in [0.1, 0.15) is 11.6 Å². The molecule has 1 N–H and O–H groups in total. The van der Waals surface area contributed by atoms with Crippen molar-refractivity contribution in [2.24, 2.45) is 7.05 Å². The van der Waals surface area contributed by atoms with Crippen molar-refractivity contribution in [2.75, 3.05) is 0 Å². The zero-order valence-corrected chi connectivity index (χ0v) is 9.68. The largest absolute Gasteiger partial charge is 0.468 e. The van der Waals surface area contributed by atoms with Crippen LogP contribution in [0.2, 0.25) is 0 Å². The van der Waals surface area contributed by atoms with Gasteiger partial charge in [0.05, 0.1) is 18.8 Å². The number of imidazole rings is 1. The van der Waals surface area contributed by atoms with E-state index in [1.54, 1.807) is 6.26 Å². The predicted molar refractivity (Wildman–Crippen MR) is 61.8 cm³/mol. The van der Waals surface area contributed by atoms with Crippen LogP contribution in [0.1, 0.15) is 31.0 Å². The summed E-state index contributed by atoms with van der Waals surface area (Å²) >= 11 is 0. The lowest BCUT2D eigenvalue weighted by Crippen LogP contribution is -2.22. The summed E-state index contributed by atoms with van der Waals surface area (Å²) in [5, 5.41) is 3.44. The molecule has 1 unspecified atom stereocenters. The van der Waals surface area contributed by atoms with Crippen molar-refractivity contribution in [1.82, 2.24) is 14.9 Å². The summed E-state index contributed by atoms with van der Waals surface area (Å²) in [5.74, 6) is 2.02. The molecular weight excluding hydrogens is 202 g/mol. The molecule has 86 valence electrons. The first-order valence-corrected chi connectivity index (χ1v) is 5.54. The molecule has 2 aromatic heterocycles. The van der Waals surface area contributed by atoms with E-state index in [2.05, 4.69) is 17.2 Å². The second kappa shape index (κ2) is 4.99. The molecule has 1 atom stereocenters. The Labute approximate surface area is 95.3 Å². The third-order valence-electron chi connectivity index (χ3n) is 2.68. The number of nitrogens with one attached hydrogen (secondary N) is 1. The van der Waals surface area contributed by atoms with Crippen LogP contribution in [-0.4, -0.2) is 9.55 Å². The highest BCUT2D eigenvalue weighted by atomic mass is 16.3. The van der Waals surface area contributed by atoms with E-state index >= 15 is 0 Å². The van der Waals surface area contributed by atoms with Gasteiger partial charge in [0, 0.05) is 19.4 Å². The molecule has 0 aliphatic heterocycles. The van der Waals surface area contributed by atoms with Crippen molar-refractivity contribution < 1.29 is 4.42 Å². The molecule has 0 aliphatic carbocycles. The van der Waals surface area contributed by atoms with Crippen LogP contribution in [0.15, 0.2) is 35.2 Å². The highest BCUT2D eigenvalue weighted by Crippen LogP contribution is 2.14. The Hall–Kier alpha value is -1.55. The highest BCUT2D eigenvalue weighted by molar-refractivity contribution is 5.01. The van der Waals surface area contributed by atoms with Crippen LogP contribution >= 0.6 is 0 Å². The third-order valence-corrected chi connectivity index (χ3v) is 2.68. The molecule has 2 heterocycles. The Bertz CT molecular complexity index is 419. The van der Waals surface area contributed by atoms with Crippen LogP contribution < -0.4 is 5.32 Å². The van der Waals surface area contributed by atoms with Crippen LogP contribution in [0.5, 0.6) is 0 Å². The first kappa shape index (κ1) is 11.0. The molecule has 2 aromatic rings. The van der Waals surface area contributed by atoms with Crippen LogP contribution in [0, 0.1) is 0 Å². The third kappa shape index (κ3) is 2.33. The van der Waals surface area contributed by atoms with Crippen LogP contribution in [-0.2, 0) is 13.6 Å². The Morgan fingerprint density at radius 2 is 2.44 bits per heavy atom. The number of nitrogens with zero attached hydrogens (tertiary/aromatic N) is 2. The van der Waals surface area contributed by atoms with Crippen molar-refractivity contribution in [3.63, 3.8) is 0 Å². The molecular formula is C12H17N3O. The maximum Gasteiger partial charge on any atom is 0.125 e. The molecule has 0 fully saturated rings. The molecule has 4 nitrogen and oxygen atoms in total. The van der Waals surface area contributed by atoms with Gasteiger partial charge in [-0.25, -0.2) is 4.98 Å². The molecule has 4 heteroatoms. The zero-order chi connectivity index (χ0) is 11.4. The normalized spacial score (nSPS) is 12.9. The summed E-state index contributed by atoms with van der Waals surface area (Å²) < 4.78 is 7.33. The highest BCUT2D eigenvalue weighted by Gasteiger charge is 2.13. The minimum atomic E-state index is 0.269. The van der Waals surface area contributed by atoms with Crippen LogP contribution in [0.3, 0.4) is 0 Å². The number of hydrogen-bond acceptors (Lipinski definition) is 3. The van der Waals surface area contributed by atoms with E-state index in [-0.39, 0.29) is 6.04 Å². The van der Waals surface area contributed by atoms with Crippen LogP contribution in [0.25, 0.3) is 0 Å². The van der Waals surface area contributed by atoms with E-state index in [1.165, 1.54) is 0 Å². The van der Waals surface area contributed by atoms with Gasteiger partial charge in [-0.1, -0.05) is 6.92 Å². The number of aromatic nitrogens is 2. The molecule has 0 spiro atoms. The van der Waals surface area contributed by atoms with E-state index < -0.39 is 0 Å². The minimum Gasteiger partial charge on any atom is -0.468 e. The van der Waals surface area contributed by atoms with Crippen molar-refractivity contribution >= 4 is 0 Å². The van der Waals surface area contributed by atoms with Gasteiger partial charge in [-0.05, 0) is 18.6 Å². The van der Waals surface area contributed by atoms with Crippen molar-refractivity contribution in [3.8, 4) is 0 Å². The molecule has 16 heavy (non-hydrogen) atoms. The van der Waals surface area contributed by atoms with Gasteiger partial charge < -0.3 is 14.3 Å². The van der Waals surface area contributed by atoms with E-state index in [4.69, 9.17) is 4.42 Å². The van der Waals surface area contributed by atoms with E-state index in [9.17, 15) is 0 Å². The predicted octanol–water partition coefficient (Wildman–Crippen LogP) is 2.25. The van der Waals surface area contributed by atoms with Gasteiger partial charge in [-0.2, -0.15) is 0 Å². The fraction of sp³-hybridized carbons (Fsp3) is 0.417. The number of rotatable bonds is 5. The van der Waals surface area contributed by atoms with E-state index in [1.807, 2.05) is 36.1 Å². The minimum absolute atomic E-state index is 0.269. The standard InChI is InChI=1S/C12H17N3O/c1-3-11(12-13-6-7-15(12)2)14-9-10-5-4-8-16-10/h4-8,11,14H,3,9H2,1-2H3. The summed E-state index contributed by atoms with van der Waals surface area (Å²) in [7, 11) is 2.01. The lowest BCUT2D eigenvalue weighted by atomic mass is 10.2. The lowest BCUT2D eigenvalue weighted by Gasteiger charge is -2.15. The molecule has 2 rings (SSSR count). The van der Waals surface area contributed by atoms with Crippen molar-refractivity contribution in [2.45, 2.75) is 25.9 Å². The summed E-state index contributed by atoms with van der Waals surface area (Å²) in [6.45, 7) is 2.88. The Balaban J connectivity index is 1.99. The van der Waals surface area contributed by atoms with E-state index in [0.717, 1.165) is 24.6 Å². The summed E-state index contributed by atoms with van der Waals surface area (Å²) in [4.78, 5) is 4.36. The summed E-state index contributed by atoms with van der Waals surface area (Å²) in [5.41, 5.74) is 0. The number of hydrogen-bond donors (Lipinski definition) is 1. The second-order valence-corrected chi connectivity index (χ2v) is 3.82. The van der Waals surface area contributed by atoms with Crippen molar-refractivity contribution in [1.29, 1.82) is 0 Å². The van der Waals surface area contributed by atoms with Crippen molar-refractivity contribution in [3.05, 3.63) is 42.4 Å². The molecule has 0 aromatic carbocycles. The molecule has 0 saturated carbocycles. The molecule has 0 radical (unpaired) electrons. The average molecular weight is 219 g/mol. The zero-order valence-electron chi connectivity index (χ0n) is 9.68. The molecule has 0 saturated heterocycles.